The minimum Gasteiger partial charge on any atom is -0.353 e. The van der Waals surface area contributed by atoms with E-state index < -0.39 is 5.54 Å². The second-order valence-corrected chi connectivity index (χ2v) is 4.05. The summed E-state index contributed by atoms with van der Waals surface area (Å²) in [5, 5.41) is 2.78. The Morgan fingerprint density at radius 2 is 2.00 bits per heavy atom. The SMILES string of the molecule is CC(N)CNC(=O)C1(N)CCCC1.Cl. The highest BCUT2D eigenvalue weighted by atomic mass is 35.5. The Bertz CT molecular complexity index is 190. The molecule has 1 unspecified atom stereocenters. The van der Waals surface area contributed by atoms with Crippen LogP contribution in [0.25, 0.3) is 0 Å². The summed E-state index contributed by atoms with van der Waals surface area (Å²) >= 11 is 0. The van der Waals surface area contributed by atoms with Crippen LogP contribution in [0.2, 0.25) is 0 Å². The van der Waals surface area contributed by atoms with E-state index in [0.29, 0.717) is 6.54 Å². The largest absolute Gasteiger partial charge is 0.353 e. The van der Waals surface area contributed by atoms with Gasteiger partial charge in [0.15, 0.2) is 0 Å². The van der Waals surface area contributed by atoms with Crippen molar-refractivity contribution in [3.63, 3.8) is 0 Å². The van der Waals surface area contributed by atoms with E-state index in [1.54, 1.807) is 0 Å². The maximum Gasteiger partial charge on any atom is 0.240 e. The summed E-state index contributed by atoms with van der Waals surface area (Å²) in [4.78, 5) is 11.6. The summed E-state index contributed by atoms with van der Waals surface area (Å²) in [5.41, 5.74) is 10.8. The second-order valence-electron chi connectivity index (χ2n) is 4.05. The van der Waals surface area contributed by atoms with Crippen molar-refractivity contribution in [1.82, 2.24) is 5.32 Å². The Labute approximate surface area is 91.2 Å². The van der Waals surface area contributed by atoms with Crippen molar-refractivity contribution in [2.45, 2.75) is 44.2 Å². The van der Waals surface area contributed by atoms with Crippen molar-refractivity contribution in [2.24, 2.45) is 11.5 Å². The van der Waals surface area contributed by atoms with Crippen molar-refractivity contribution < 1.29 is 4.79 Å². The number of carbonyl (C=O) groups is 1. The summed E-state index contributed by atoms with van der Waals surface area (Å²) in [6.45, 7) is 2.37. The monoisotopic (exact) mass is 221 g/mol. The van der Waals surface area contributed by atoms with Crippen molar-refractivity contribution in [2.75, 3.05) is 6.54 Å². The van der Waals surface area contributed by atoms with Gasteiger partial charge >= 0.3 is 0 Å². The molecule has 1 aliphatic carbocycles. The average Bonchev–Trinajstić information content (AvgIpc) is 2.49. The van der Waals surface area contributed by atoms with Gasteiger partial charge in [-0.15, -0.1) is 12.4 Å². The fourth-order valence-corrected chi connectivity index (χ4v) is 1.66. The van der Waals surface area contributed by atoms with Gasteiger partial charge < -0.3 is 16.8 Å². The van der Waals surface area contributed by atoms with Crippen LogP contribution >= 0.6 is 12.4 Å². The van der Waals surface area contributed by atoms with Gasteiger partial charge in [-0.3, -0.25) is 4.79 Å². The molecule has 0 aromatic rings. The Balaban J connectivity index is 0.00000169. The zero-order valence-corrected chi connectivity index (χ0v) is 9.40. The van der Waals surface area contributed by atoms with Gasteiger partial charge in [-0.05, 0) is 19.8 Å². The molecule has 0 spiro atoms. The van der Waals surface area contributed by atoms with E-state index in [1.165, 1.54) is 0 Å². The Kier molecular flexibility index (Phi) is 5.41. The van der Waals surface area contributed by atoms with E-state index in [0.717, 1.165) is 25.7 Å². The third kappa shape index (κ3) is 3.44. The van der Waals surface area contributed by atoms with Gasteiger partial charge in [-0.25, -0.2) is 0 Å². The molecule has 1 rings (SSSR count). The first-order chi connectivity index (χ1) is 6.04. The minimum atomic E-state index is -0.616. The van der Waals surface area contributed by atoms with Gasteiger partial charge in [0.2, 0.25) is 5.91 Å². The predicted molar refractivity (Wildman–Crippen MR) is 59.3 cm³/mol. The number of hydrogen-bond donors (Lipinski definition) is 3. The Morgan fingerprint density at radius 3 is 2.43 bits per heavy atom. The molecule has 5 heteroatoms. The van der Waals surface area contributed by atoms with Crippen molar-refractivity contribution in [1.29, 1.82) is 0 Å². The van der Waals surface area contributed by atoms with Crippen LogP contribution in [0, 0.1) is 0 Å². The number of amides is 1. The van der Waals surface area contributed by atoms with Gasteiger partial charge in [0.25, 0.3) is 0 Å². The first kappa shape index (κ1) is 13.7. The molecule has 1 aliphatic rings. The Hall–Kier alpha value is -0.320. The molecule has 1 amide bonds. The summed E-state index contributed by atoms with van der Waals surface area (Å²) in [7, 11) is 0. The lowest BCUT2D eigenvalue weighted by molar-refractivity contribution is -0.126. The number of nitrogens with two attached hydrogens (primary N) is 2. The first-order valence-corrected chi connectivity index (χ1v) is 4.87. The van der Waals surface area contributed by atoms with Crippen molar-refractivity contribution in [3.05, 3.63) is 0 Å². The van der Waals surface area contributed by atoms with Crippen LogP contribution < -0.4 is 16.8 Å². The topological polar surface area (TPSA) is 81.1 Å². The highest BCUT2D eigenvalue weighted by Gasteiger charge is 2.36. The molecule has 1 saturated carbocycles. The van der Waals surface area contributed by atoms with Gasteiger partial charge in [-0.1, -0.05) is 12.8 Å². The molecule has 0 radical (unpaired) electrons. The summed E-state index contributed by atoms with van der Waals surface area (Å²) in [6.07, 6.45) is 3.72. The average molecular weight is 222 g/mol. The zero-order valence-electron chi connectivity index (χ0n) is 8.58. The lowest BCUT2D eigenvalue weighted by atomic mass is 9.98. The number of carbonyl (C=O) groups excluding carboxylic acids is 1. The number of nitrogens with one attached hydrogen (secondary N) is 1. The molecule has 0 aliphatic heterocycles. The molecular formula is C9H20ClN3O. The third-order valence-corrected chi connectivity index (χ3v) is 2.53. The van der Waals surface area contributed by atoms with Gasteiger partial charge in [0.1, 0.15) is 0 Å². The molecule has 0 aromatic carbocycles. The molecule has 14 heavy (non-hydrogen) atoms. The van der Waals surface area contributed by atoms with Gasteiger partial charge in [0.05, 0.1) is 5.54 Å². The summed E-state index contributed by atoms with van der Waals surface area (Å²) in [5.74, 6) is -0.0395. The van der Waals surface area contributed by atoms with Crippen LogP contribution in [-0.2, 0) is 4.79 Å². The Morgan fingerprint density at radius 1 is 1.50 bits per heavy atom. The standard InChI is InChI=1S/C9H19N3O.ClH/c1-7(10)6-12-8(13)9(11)4-2-3-5-9;/h7H,2-6,10-11H2,1H3,(H,12,13);1H. The maximum absolute atomic E-state index is 11.6. The normalized spacial score (nSPS) is 21.1. The molecule has 4 nitrogen and oxygen atoms in total. The van der Waals surface area contributed by atoms with Crippen LogP contribution in [-0.4, -0.2) is 24.0 Å². The highest BCUT2D eigenvalue weighted by molar-refractivity contribution is 5.86. The molecule has 0 heterocycles. The molecule has 0 bridgehead atoms. The fraction of sp³-hybridized carbons (Fsp3) is 0.889. The molecule has 84 valence electrons. The maximum atomic E-state index is 11.6. The van der Waals surface area contributed by atoms with Gasteiger partial charge in [-0.2, -0.15) is 0 Å². The van der Waals surface area contributed by atoms with E-state index in [4.69, 9.17) is 11.5 Å². The van der Waals surface area contributed by atoms with Crippen LogP contribution in [0.5, 0.6) is 0 Å². The minimum absolute atomic E-state index is 0. The van der Waals surface area contributed by atoms with Crippen molar-refractivity contribution >= 4 is 18.3 Å². The summed E-state index contributed by atoms with van der Waals surface area (Å²) < 4.78 is 0. The van der Waals surface area contributed by atoms with Crippen molar-refractivity contribution in [3.8, 4) is 0 Å². The van der Waals surface area contributed by atoms with Crippen LogP contribution in [0.1, 0.15) is 32.6 Å². The van der Waals surface area contributed by atoms with E-state index in [2.05, 4.69) is 5.32 Å². The van der Waals surface area contributed by atoms with E-state index in [1.807, 2.05) is 6.92 Å². The number of halogens is 1. The van der Waals surface area contributed by atoms with E-state index >= 15 is 0 Å². The molecule has 1 fully saturated rings. The zero-order chi connectivity index (χ0) is 9.90. The number of rotatable bonds is 3. The van der Waals surface area contributed by atoms with Crippen LogP contribution in [0.4, 0.5) is 0 Å². The molecule has 0 aromatic heterocycles. The number of hydrogen-bond acceptors (Lipinski definition) is 3. The lowest BCUT2D eigenvalue weighted by Crippen LogP contribution is -2.53. The highest BCUT2D eigenvalue weighted by Crippen LogP contribution is 2.26. The van der Waals surface area contributed by atoms with E-state index in [9.17, 15) is 4.79 Å². The molecule has 0 saturated heterocycles. The summed E-state index contributed by atoms with van der Waals surface area (Å²) in [6, 6.07) is -0.00560. The van der Waals surface area contributed by atoms with Gasteiger partial charge in [0, 0.05) is 12.6 Å². The van der Waals surface area contributed by atoms with Crippen LogP contribution in [0.3, 0.4) is 0 Å². The molecule has 1 atom stereocenters. The van der Waals surface area contributed by atoms with E-state index in [-0.39, 0.29) is 24.4 Å². The lowest BCUT2D eigenvalue weighted by Gasteiger charge is -2.22. The fourth-order valence-electron chi connectivity index (χ4n) is 1.66. The van der Waals surface area contributed by atoms with Crippen LogP contribution in [0.15, 0.2) is 0 Å². The third-order valence-electron chi connectivity index (χ3n) is 2.53. The smallest absolute Gasteiger partial charge is 0.240 e. The second kappa shape index (κ2) is 5.53. The molecular weight excluding hydrogens is 202 g/mol. The quantitative estimate of drug-likeness (QED) is 0.634. The first-order valence-electron chi connectivity index (χ1n) is 4.87. The molecule has 5 N–H and O–H groups in total. The predicted octanol–water partition coefficient (Wildman–Crippen LogP) is 0.143.